The van der Waals surface area contributed by atoms with Crippen molar-refractivity contribution >= 4 is 25.7 Å². The molecule has 0 saturated heterocycles. The van der Waals surface area contributed by atoms with E-state index in [9.17, 15) is 0 Å². The van der Waals surface area contributed by atoms with E-state index in [0.717, 1.165) is 6.92 Å². The van der Waals surface area contributed by atoms with Gasteiger partial charge in [-0.05, 0) is 0 Å². The molecule has 0 aromatic rings. The molecule has 1 N–H and O–H groups in total. The van der Waals surface area contributed by atoms with Crippen molar-refractivity contribution in [2.75, 3.05) is 0 Å². The molecule has 0 radical (unpaired) electrons. The minimum atomic E-state index is -0.833. The molecule has 0 saturated carbocycles. The van der Waals surface area contributed by atoms with E-state index >= 15 is 0 Å². The zero-order valence-corrected chi connectivity index (χ0v) is 11.3. The number of hydrogen-bond donors (Lipinski definition) is 1. The van der Waals surface area contributed by atoms with E-state index in [-0.39, 0.29) is 0 Å². The molecule has 2 nitrogen and oxygen atoms in total. The van der Waals surface area contributed by atoms with Gasteiger partial charge in [-0.15, -0.1) is 0 Å². The van der Waals surface area contributed by atoms with E-state index in [4.69, 9.17) is 9.90 Å². The third-order valence-electron chi connectivity index (χ3n) is 1.73. The summed E-state index contributed by atoms with van der Waals surface area (Å²) in [4.78, 5) is 9.00. The Morgan fingerprint density at radius 3 is 1.36 bits per heavy atom. The Hall–Kier alpha value is 0.269. The molecule has 0 aliphatic rings. The van der Waals surface area contributed by atoms with E-state index in [2.05, 4.69) is 20.8 Å². The van der Waals surface area contributed by atoms with E-state index in [1.165, 1.54) is 0 Å². The first-order chi connectivity index (χ1) is 5.08. The average Bonchev–Trinajstić information content (AvgIpc) is 1.90. The molecule has 0 aliphatic carbocycles. The quantitative estimate of drug-likeness (QED) is 0.797. The zero-order chi connectivity index (χ0) is 9.28. The van der Waals surface area contributed by atoms with Gasteiger partial charge in [0.05, 0.1) is 0 Å². The van der Waals surface area contributed by atoms with Crippen molar-refractivity contribution in [3.63, 3.8) is 0 Å². The summed E-state index contributed by atoms with van der Waals surface area (Å²) in [5, 5.41) is 7.42. The van der Waals surface area contributed by atoms with Gasteiger partial charge < -0.3 is 5.11 Å². The normalized spacial score (nSPS) is 8.82. The number of hydrogen-bond acceptors (Lipinski definition) is 1. The molecule has 0 fully saturated rings. The maximum atomic E-state index is 9.00. The van der Waals surface area contributed by atoms with E-state index in [1.54, 1.807) is 13.3 Å². The van der Waals surface area contributed by atoms with Crippen LogP contribution in [0.4, 0.5) is 0 Å². The van der Waals surface area contributed by atoms with Crippen molar-refractivity contribution in [2.45, 2.75) is 41.0 Å². The molecule has 0 heterocycles. The van der Waals surface area contributed by atoms with Crippen LogP contribution >= 0.6 is 0 Å². The molecule has 0 atom stereocenters. The SMILES string of the molecule is CC(=O)O.C[CH2][SnH]([CH2]C)[CH2]C. The van der Waals surface area contributed by atoms with Crippen LogP contribution in [-0.2, 0) is 4.79 Å². The van der Waals surface area contributed by atoms with Crippen LogP contribution in [0.3, 0.4) is 0 Å². The molecular formula is C8H20O2Sn. The number of carboxylic acid groups (broad SMARTS) is 1. The molecule has 0 bridgehead atoms. The van der Waals surface area contributed by atoms with Crippen molar-refractivity contribution in [3.8, 4) is 0 Å². The first kappa shape index (κ1) is 13.8. The molecule has 0 aliphatic heterocycles. The Kier molecular flexibility index (Phi) is 12.9. The summed E-state index contributed by atoms with van der Waals surface area (Å²) in [5.41, 5.74) is 0. The Morgan fingerprint density at radius 2 is 1.36 bits per heavy atom. The minimum absolute atomic E-state index is 0.764. The van der Waals surface area contributed by atoms with E-state index in [1.807, 2.05) is 0 Å². The van der Waals surface area contributed by atoms with Crippen LogP contribution in [0.15, 0.2) is 0 Å². The second-order valence-electron chi connectivity index (χ2n) is 2.61. The predicted molar refractivity (Wildman–Crippen MR) is 51.9 cm³/mol. The van der Waals surface area contributed by atoms with Gasteiger partial charge in [-0.25, -0.2) is 0 Å². The standard InChI is InChI=1S/C2H4O2.3C2H5.Sn.H/c1-2(3)4;3*1-2;;/h1H3,(H,3,4);3*1H2,2H3;;. The van der Waals surface area contributed by atoms with Crippen LogP contribution in [0, 0.1) is 0 Å². The summed E-state index contributed by atoms with van der Waals surface area (Å²) in [7, 11) is 0. The molecule has 0 amide bonds. The van der Waals surface area contributed by atoms with Crippen LogP contribution in [0.1, 0.15) is 27.7 Å². The van der Waals surface area contributed by atoms with Gasteiger partial charge in [0.2, 0.25) is 0 Å². The van der Waals surface area contributed by atoms with Crippen molar-refractivity contribution in [1.82, 2.24) is 0 Å². The summed E-state index contributed by atoms with van der Waals surface area (Å²) in [6, 6.07) is 0. The first-order valence-electron chi connectivity index (χ1n) is 4.27. The topological polar surface area (TPSA) is 37.3 Å². The molecule has 68 valence electrons. The molecule has 0 rings (SSSR count). The number of carboxylic acids is 1. The van der Waals surface area contributed by atoms with Gasteiger partial charge in [-0.2, -0.15) is 0 Å². The fourth-order valence-corrected chi connectivity index (χ4v) is 5.81. The van der Waals surface area contributed by atoms with Crippen molar-refractivity contribution in [1.29, 1.82) is 0 Å². The maximum absolute atomic E-state index is 9.00. The molecule has 11 heavy (non-hydrogen) atoms. The fraction of sp³-hybridized carbons (Fsp3) is 0.875. The van der Waals surface area contributed by atoms with Gasteiger partial charge in [0.15, 0.2) is 0 Å². The third-order valence-corrected chi connectivity index (χ3v) is 11.6. The number of rotatable bonds is 3. The summed E-state index contributed by atoms with van der Waals surface area (Å²) in [6.07, 6.45) is 0. The summed E-state index contributed by atoms with van der Waals surface area (Å²) >= 11 is -0.764. The van der Waals surface area contributed by atoms with Crippen LogP contribution in [0.2, 0.25) is 13.3 Å². The van der Waals surface area contributed by atoms with Crippen LogP contribution in [-0.4, -0.2) is 30.8 Å². The first-order valence-corrected chi connectivity index (χ1v) is 11.3. The van der Waals surface area contributed by atoms with Crippen LogP contribution in [0.5, 0.6) is 0 Å². The number of aliphatic carboxylic acids is 1. The summed E-state index contributed by atoms with van der Waals surface area (Å²) in [6.45, 7) is 8.15. The molecule has 0 unspecified atom stereocenters. The van der Waals surface area contributed by atoms with Gasteiger partial charge in [-0.3, -0.25) is 4.79 Å². The fourth-order valence-electron chi connectivity index (χ4n) is 0.866. The van der Waals surface area contributed by atoms with Crippen molar-refractivity contribution in [2.24, 2.45) is 0 Å². The molecular weight excluding hydrogens is 247 g/mol. The molecule has 0 aromatic carbocycles. The Balaban J connectivity index is 0. The molecule has 0 spiro atoms. The molecule has 3 heteroatoms. The Morgan fingerprint density at radius 1 is 1.18 bits per heavy atom. The Bertz CT molecular complexity index is 80.6. The van der Waals surface area contributed by atoms with Gasteiger partial charge >= 0.3 is 53.8 Å². The van der Waals surface area contributed by atoms with Crippen LogP contribution in [0.25, 0.3) is 0 Å². The van der Waals surface area contributed by atoms with Gasteiger partial charge in [0.1, 0.15) is 0 Å². The monoisotopic (exact) mass is 268 g/mol. The van der Waals surface area contributed by atoms with Crippen molar-refractivity contribution < 1.29 is 9.90 Å². The second kappa shape index (κ2) is 10.3. The summed E-state index contributed by atoms with van der Waals surface area (Å²) < 4.78 is 4.69. The zero-order valence-electron chi connectivity index (χ0n) is 8.05. The average molecular weight is 267 g/mol. The van der Waals surface area contributed by atoms with Crippen molar-refractivity contribution in [3.05, 3.63) is 0 Å². The van der Waals surface area contributed by atoms with Gasteiger partial charge in [-0.1, -0.05) is 0 Å². The van der Waals surface area contributed by atoms with E-state index < -0.39 is 25.7 Å². The molecule has 0 aromatic heterocycles. The van der Waals surface area contributed by atoms with Gasteiger partial charge in [0.25, 0.3) is 5.97 Å². The Labute approximate surface area is 76.7 Å². The summed E-state index contributed by atoms with van der Waals surface area (Å²) in [5.74, 6) is -0.833. The van der Waals surface area contributed by atoms with E-state index in [0.29, 0.717) is 0 Å². The second-order valence-corrected chi connectivity index (χ2v) is 14.5. The van der Waals surface area contributed by atoms with Crippen LogP contribution < -0.4 is 0 Å². The number of carbonyl (C=O) groups is 1. The predicted octanol–water partition coefficient (Wildman–Crippen LogP) is 2.36. The van der Waals surface area contributed by atoms with Gasteiger partial charge in [0, 0.05) is 6.92 Å². The third kappa shape index (κ3) is 17.9.